The van der Waals surface area contributed by atoms with E-state index in [0.29, 0.717) is 39.6 Å². The smallest absolute Gasteiger partial charge is 0.122 e. The molecule has 5 aromatic heterocycles. The maximum atomic E-state index is 6.58. The third-order valence-corrected chi connectivity index (χ3v) is 25.3. The Bertz CT molecular complexity index is 3660. The highest BCUT2D eigenvalue weighted by Crippen LogP contribution is 2.58. The highest BCUT2D eigenvalue weighted by Gasteiger charge is 2.47. The van der Waals surface area contributed by atoms with E-state index in [-0.39, 0.29) is 5.41 Å². The first-order chi connectivity index (χ1) is 43.6. The van der Waals surface area contributed by atoms with Crippen LogP contribution < -0.4 is 9.47 Å². The highest BCUT2D eigenvalue weighted by molar-refractivity contribution is 7.30. The molecule has 0 amide bonds. The molecule has 0 saturated heterocycles. The summed E-state index contributed by atoms with van der Waals surface area (Å²) in [5.74, 6) is 1.81. The summed E-state index contributed by atoms with van der Waals surface area (Å²) in [6.07, 6.45) is 23.1. The fourth-order valence-corrected chi connectivity index (χ4v) is 19.4. The lowest BCUT2D eigenvalue weighted by molar-refractivity contribution is 0.110. The van der Waals surface area contributed by atoms with Crippen LogP contribution in [-0.4, -0.2) is 39.6 Å². The molecule has 0 N–H and O–H groups in total. The summed E-state index contributed by atoms with van der Waals surface area (Å²) in [7, 11) is 0. The average Bonchev–Trinajstić information content (AvgIpc) is 1.57. The van der Waals surface area contributed by atoms with Gasteiger partial charge in [-0.1, -0.05) is 172 Å². The molecule has 0 spiro atoms. The zero-order chi connectivity index (χ0) is 62.2. The van der Waals surface area contributed by atoms with Crippen molar-refractivity contribution in [3.05, 3.63) is 177 Å². The van der Waals surface area contributed by atoms with Crippen LogP contribution in [-0.2, 0) is 39.6 Å². The molecule has 9 aromatic rings. The predicted molar refractivity (Wildman–Crippen MR) is 390 cm³/mol. The van der Waals surface area contributed by atoms with Gasteiger partial charge in [0.25, 0.3) is 0 Å². The molecule has 4 nitrogen and oxygen atoms in total. The van der Waals surface area contributed by atoms with Gasteiger partial charge in [0, 0.05) is 67.4 Å². The standard InChI is InChI=1S/C80H98O4S5/c1-10-17-21-24-27-57-54-60(34-39-68(57)84-52-50-82-16-7)80(59-32-35-61(36-33-59)83-51-49-81-15-6)66-53-56(8)30-37-62(66)63-38-31-58(55-67(63)80)69-40-41-70(85-69)71-42-44-74(86-71)77-64(28-25-22-18-11-2)65(29-26-23-19-12-3)78(89-77)75-45-43-72(87-75)73-46-47-76(88-73)79(9,14-5)48-20-13-4/h30-47,53-55H,10-29,48-52H2,1-9H3. The number of thiophene rings is 5. The van der Waals surface area contributed by atoms with E-state index in [0.717, 1.165) is 37.2 Å². The van der Waals surface area contributed by atoms with Crippen molar-refractivity contribution in [1.82, 2.24) is 0 Å². The van der Waals surface area contributed by atoms with E-state index in [2.05, 4.69) is 187 Å². The van der Waals surface area contributed by atoms with Gasteiger partial charge in [-0.25, -0.2) is 0 Å². The number of hydrogen-bond acceptors (Lipinski definition) is 9. The second kappa shape index (κ2) is 32.5. The molecule has 472 valence electrons. The van der Waals surface area contributed by atoms with Gasteiger partial charge in [0.15, 0.2) is 0 Å². The van der Waals surface area contributed by atoms with E-state index in [1.807, 2.05) is 59.2 Å². The summed E-state index contributed by atoms with van der Waals surface area (Å²) in [5, 5.41) is 0. The first-order valence-corrected chi connectivity index (χ1v) is 38.2. The topological polar surface area (TPSA) is 36.9 Å². The molecule has 0 radical (unpaired) electrons. The van der Waals surface area contributed by atoms with Crippen LogP contribution in [0, 0.1) is 6.92 Å². The minimum Gasteiger partial charge on any atom is -0.491 e. The Morgan fingerprint density at radius 3 is 1.53 bits per heavy atom. The Morgan fingerprint density at radius 1 is 0.416 bits per heavy atom. The number of aryl methyl sites for hydroxylation is 2. The lowest BCUT2D eigenvalue weighted by atomic mass is 9.67. The van der Waals surface area contributed by atoms with E-state index in [4.69, 9.17) is 18.9 Å². The molecular formula is C80H98O4S5. The lowest BCUT2D eigenvalue weighted by Gasteiger charge is -2.35. The van der Waals surface area contributed by atoms with Crippen molar-refractivity contribution in [2.75, 3.05) is 39.6 Å². The maximum absolute atomic E-state index is 6.58. The zero-order valence-electron chi connectivity index (χ0n) is 55.0. The van der Waals surface area contributed by atoms with Gasteiger partial charge in [0.2, 0.25) is 0 Å². The van der Waals surface area contributed by atoms with Crippen molar-refractivity contribution < 1.29 is 18.9 Å². The lowest BCUT2D eigenvalue weighted by Crippen LogP contribution is -2.29. The predicted octanol–water partition coefficient (Wildman–Crippen LogP) is 25.1. The molecule has 0 fully saturated rings. The van der Waals surface area contributed by atoms with Crippen LogP contribution in [0.2, 0.25) is 0 Å². The third-order valence-electron chi connectivity index (χ3n) is 18.5. The Hall–Kier alpha value is -5.10. The Morgan fingerprint density at radius 2 is 0.933 bits per heavy atom. The molecule has 89 heavy (non-hydrogen) atoms. The van der Waals surface area contributed by atoms with Crippen LogP contribution in [0.4, 0.5) is 0 Å². The van der Waals surface area contributed by atoms with Crippen LogP contribution >= 0.6 is 56.7 Å². The number of ether oxygens (including phenoxy) is 4. The molecule has 2 atom stereocenters. The Kier molecular flexibility index (Phi) is 24.4. The van der Waals surface area contributed by atoms with Gasteiger partial charge in [-0.2, -0.15) is 0 Å². The van der Waals surface area contributed by atoms with Gasteiger partial charge < -0.3 is 18.9 Å². The molecule has 2 unspecified atom stereocenters. The van der Waals surface area contributed by atoms with E-state index in [9.17, 15) is 0 Å². The van der Waals surface area contributed by atoms with Gasteiger partial charge in [0.05, 0.1) is 18.6 Å². The Balaban J connectivity index is 1.03. The van der Waals surface area contributed by atoms with Crippen molar-refractivity contribution in [2.24, 2.45) is 0 Å². The summed E-state index contributed by atoms with van der Waals surface area (Å²) in [4.78, 5) is 14.2. The van der Waals surface area contributed by atoms with Gasteiger partial charge in [-0.3, -0.25) is 0 Å². The molecule has 1 aliphatic rings. The minimum atomic E-state index is -0.618. The number of benzene rings is 4. The van der Waals surface area contributed by atoms with Gasteiger partial charge >= 0.3 is 0 Å². The summed E-state index contributed by atoms with van der Waals surface area (Å²) in [6, 6.07) is 49.8. The molecule has 0 saturated carbocycles. The van der Waals surface area contributed by atoms with Gasteiger partial charge in [-0.15, -0.1) is 56.7 Å². The first kappa shape index (κ1) is 66.8. The molecule has 0 bridgehead atoms. The quantitative estimate of drug-likeness (QED) is 0.0364. The van der Waals surface area contributed by atoms with E-state index >= 15 is 0 Å². The SMILES string of the molecule is CCCCCCc1cc(C2(c3ccc(OCCOCC)cc3)c3cc(C)ccc3-c3ccc(-c4ccc(-c5ccc(-c6sc(-c7ccc(-c8ccc(C(C)(CC)CCCC)s8)s7)c(CCCCCC)c6CCCCCC)s5)s4)cc32)ccc1OCCOCC. The van der Waals surface area contributed by atoms with Crippen LogP contribution in [0.15, 0.2) is 127 Å². The minimum absolute atomic E-state index is 0.243. The monoisotopic (exact) mass is 1280 g/mol. The zero-order valence-corrected chi connectivity index (χ0v) is 59.1. The fraction of sp³-hybridized carbons (Fsp3) is 0.450. The second-order valence-corrected chi connectivity index (χ2v) is 30.2. The van der Waals surface area contributed by atoms with Gasteiger partial charge in [-0.05, 0) is 201 Å². The molecule has 1 aliphatic carbocycles. The molecule has 4 aromatic carbocycles. The van der Waals surface area contributed by atoms with Crippen LogP contribution in [0.1, 0.15) is 208 Å². The summed E-state index contributed by atoms with van der Waals surface area (Å²) in [5.41, 5.74) is 14.3. The fourth-order valence-electron chi connectivity index (χ4n) is 13.3. The van der Waals surface area contributed by atoms with Crippen molar-refractivity contribution in [3.63, 3.8) is 0 Å². The molecular weight excluding hydrogens is 1190 g/mol. The van der Waals surface area contributed by atoms with Crippen molar-refractivity contribution >= 4 is 56.7 Å². The van der Waals surface area contributed by atoms with Crippen molar-refractivity contribution in [2.45, 2.75) is 195 Å². The molecule has 0 aliphatic heterocycles. The van der Waals surface area contributed by atoms with Crippen molar-refractivity contribution in [1.29, 1.82) is 0 Å². The Labute approximate surface area is 555 Å². The highest BCUT2D eigenvalue weighted by atomic mass is 32.1. The largest absolute Gasteiger partial charge is 0.491 e. The van der Waals surface area contributed by atoms with E-state index in [1.165, 1.54) is 190 Å². The number of rotatable bonds is 37. The van der Waals surface area contributed by atoms with Crippen LogP contribution in [0.3, 0.4) is 0 Å². The third kappa shape index (κ3) is 15.4. The molecule has 5 heterocycles. The normalized spacial score (nSPS) is 14.3. The summed E-state index contributed by atoms with van der Waals surface area (Å²) < 4.78 is 24.3. The summed E-state index contributed by atoms with van der Waals surface area (Å²) in [6.45, 7) is 24.0. The molecule has 10 rings (SSSR count). The number of unbranched alkanes of at least 4 members (excludes halogenated alkanes) is 10. The summed E-state index contributed by atoms with van der Waals surface area (Å²) >= 11 is 10.1. The van der Waals surface area contributed by atoms with Gasteiger partial charge in [0.1, 0.15) is 24.7 Å². The average molecular weight is 1280 g/mol. The van der Waals surface area contributed by atoms with Crippen molar-refractivity contribution in [3.8, 4) is 72.1 Å². The number of hydrogen-bond donors (Lipinski definition) is 0. The van der Waals surface area contributed by atoms with E-state index < -0.39 is 5.41 Å². The second-order valence-electron chi connectivity index (χ2n) is 24.8. The molecule has 9 heteroatoms. The maximum Gasteiger partial charge on any atom is 0.122 e. The number of fused-ring (bicyclic) bond motifs is 3. The van der Waals surface area contributed by atoms with E-state index in [1.54, 1.807) is 16.0 Å². The van der Waals surface area contributed by atoms with Crippen LogP contribution in [0.25, 0.3) is 60.6 Å². The first-order valence-electron chi connectivity index (χ1n) is 34.1. The van der Waals surface area contributed by atoms with Crippen LogP contribution in [0.5, 0.6) is 11.5 Å².